The van der Waals surface area contributed by atoms with E-state index in [4.69, 9.17) is 0 Å². The minimum absolute atomic E-state index is 0.0115. The van der Waals surface area contributed by atoms with E-state index < -0.39 is 10.5 Å². The molecular formula is C16H15N3O2. The van der Waals surface area contributed by atoms with Gasteiger partial charge in [0.2, 0.25) is 0 Å². The standard InChI is InChI=1S/C16H15N3O2/c1-18(2)16(12-17,13-6-4-3-5-7-13)14-8-10-15(11-9-14)19(20)21/h3-11H,1-2H3. The molecule has 106 valence electrons. The quantitative estimate of drug-likeness (QED) is 0.638. The van der Waals surface area contributed by atoms with Crippen molar-refractivity contribution in [2.45, 2.75) is 5.54 Å². The Morgan fingerprint density at radius 3 is 2.00 bits per heavy atom. The molecule has 2 aromatic carbocycles. The fourth-order valence-corrected chi connectivity index (χ4v) is 2.42. The van der Waals surface area contributed by atoms with E-state index in [1.165, 1.54) is 12.1 Å². The monoisotopic (exact) mass is 281 g/mol. The van der Waals surface area contributed by atoms with Crippen LogP contribution in [0.1, 0.15) is 11.1 Å². The van der Waals surface area contributed by atoms with E-state index in [9.17, 15) is 15.4 Å². The van der Waals surface area contributed by atoms with E-state index in [1.807, 2.05) is 49.3 Å². The van der Waals surface area contributed by atoms with Gasteiger partial charge in [-0.05, 0) is 37.4 Å². The molecule has 21 heavy (non-hydrogen) atoms. The lowest BCUT2D eigenvalue weighted by Crippen LogP contribution is -2.41. The van der Waals surface area contributed by atoms with Crippen LogP contribution >= 0.6 is 0 Å². The number of rotatable bonds is 4. The van der Waals surface area contributed by atoms with Crippen LogP contribution in [0.25, 0.3) is 0 Å². The number of hydrogen-bond donors (Lipinski definition) is 0. The summed E-state index contributed by atoms with van der Waals surface area (Å²) in [6.45, 7) is 0. The first kappa shape index (κ1) is 14.7. The Bertz CT molecular complexity index is 675. The van der Waals surface area contributed by atoms with Crippen LogP contribution in [0.3, 0.4) is 0 Å². The third-order valence-corrected chi connectivity index (χ3v) is 3.52. The topological polar surface area (TPSA) is 70.2 Å². The predicted octanol–water partition coefficient (Wildman–Crippen LogP) is 2.92. The highest BCUT2D eigenvalue weighted by molar-refractivity contribution is 5.47. The van der Waals surface area contributed by atoms with Crippen LogP contribution in [0.15, 0.2) is 54.6 Å². The number of non-ortho nitro benzene ring substituents is 1. The molecule has 0 aliphatic carbocycles. The number of benzene rings is 2. The molecule has 0 fully saturated rings. The van der Waals surface area contributed by atoms with Crippen LogP contribution in [-0.4, -0.2) is 23.9 Å². The maximum Gasteiger partial charge on any atom is 0.269 e. The fourth-order valence-electron chi connectivity index (χ4n) is 2.42. The Kier molecular flexibility index (Phi) is 4.01. The van der Waals surface area contributed by atoms with Crippen molar-refractivity contribution >= 4 is 5.69 Å². The molecule has 0 amide bonds. The second kappa shape index (κ2) is 5.73. The summed E-state index contributed by atoms with van der Waals surface area (Å²) in [5, 5.41) is 20.6. The van der Waals surface area contributed by atoms with Crippen molar-refractivity contribution in [3.63, 3.8) is 0 Å². The van der Waals surface area contributed by atoms with Crippen LogP contribution in [-0.2, 0) is 5.54 Å². The summed E-state index contributed by atoms with van der Waals surface area (Å²) >= 11 is 0. The zero-order valence-electron chi connectivity index (χ0n) is 11.9. The van der Waals surface area contributed by atoms with E-state index in [0.29, 0.717) is 5.56 Å². The van der Waals surface area contributed by atoms with E-state index >= 15 is 0 Å². The highest BCUT2D eigenvalue weighted by atomic mass is 16.6. The summed E-state index contributed by atoms with van der Waals surface area (Å²) in [6, 6.07) is 17.9. The van der Waals surface area contributed by atoms with Crippen molar-refractivity contribution in [2.24, 2.45) is 0 Å². The molecule has 0 N–H and O–H groups in total. The molecule has 2 aromatic rings. The molecule has 0 radical (unpaired) electrons. The molecule has 0 bridgehead atoms. The Morgan fingerprint density at radius 2 is 1.57 bits per heavy atom. The SMILES string of the molecule is CN(C)C(C#N)(c1ccccc1)c1ccc([N+](=O)[O-])cc1. The van der Waals surface area contributed by atoms with Gasteiger partial charge in [0.25, 0.3) is 5.69 Å². The van der Waals surface area contributed by atoms with Gasteiger partial charge in [-0.2, -0.15) is 5.26 Å². The summed E-state index contributed by atoms with van der Waals surface area (Å²) < 4.78 is 0. The highest BCUT2D eigenvalue weighted by Crippen LogP contribution is 2.34. The lowest BCUT2D eigenvalue weighted by Gasteiger charge is -2.34. The summed E-state index contributed by atoms with van der Waals surface area (Å²) in [6.07, 6.45) is 0. The first-order chi connectivity index (χ1) is 10.0. The average molecular weight is 281 g/mol. The van der Waals surface area contributed by atoms with Gasteiger partial charge >= 0.3 is 0 Å². The normalized spacial score (nSPS) is 13.4. The smallest absolute Gasteiger partial charge is 0.269 e. The van der Waals surface area contributed by atoms with Gasteiger partial charge in [0.15, 0.2) is 5.54 Å². The molecule has 0 aliphatic rings. The minimum Gasteiger partial charge on any atom is -0.284 e. The lowest BCUT2D eigenvalue weighted by atomic mass is 9.83. The summed E-state index contributed by atoms with van der Waals surface area (Å²) in [5.41, 5.74) is 0.562. The molecule has 0 saturated heterocycles. The maximum absolute atomic E-state index is 10.8. The van der Waals surface area contributed by atoms with Crippen LogP contribution in [0, 0.1) is 21.4 Å². The Morgan fingerprint density at radius 1 is 1.05 bits per heavy atom. The predicted molar refractivity (Wildman–Crippen MR) is 79.6 cm³/mol. The number of nitro groups is 1. The highest BCUT2D eigenvalue weighted by Gasteiger charge is 2.37. The molecule has 0 spiro atoms. The number of hydrogen-bond acceptors (Lipinski definition) is 4. The van der Waals surface area contributed by atoms with E-state index in [-0.39, 0.29) is 5.69 Å². The van der Waals surface area contributed by atoms with Crippen molar-refractivity contribution in [1.82, 2.24) is 4.90 Å². The Hall–Kier alpha value is -2.71. The second-order valence-electron chi connectivity index (χ2n) is 4.89. The maximum atomic E-state index is 10.8. The minimum atomic E-state index is -0.976. The summed E-state index contributed by atoms with van der Waals surface area (Å²) in [5.74, 6) is 0. The summed E-state index contributed by atoms with van der Waals surface area (Å²) in [7, 11) is 3.63. The van der Waals surface area contributed by atoms with Gasteiger partial charge in [0.05, 0.1) is 11.0 Å². The number of nitriles is 1. The molecule has 5 nitrogen and oxygen atoms in total. The van der Waals surface area contributed by atoms with E-state index in [0.717, 1.165) is 5.56 Å². The van der Waals surface area contributed by atoms with Crippen LogP contribution in [0.4, 0.5) is 5.69 Å². The van der Waals surface area contributed by atoms with Crippen molar-refractivity contribution in [3.8, 4) is 6.07 Å². The Labute approximate surface area is 123 Å². The third-order valence-electron chi connectivity index (χ3n) is 3.52. The molecule has 1 unspecified atom stereocenters. The van der Waals surface area contributed by atoms with E-state index in [1.54, 1.807) is 12.1 Å². The average Bonchev–Trinajstić information content (AvgIpc) is 2.50. The van der Waals surface area contributed by atoms with Crippen LogP contribution < -0.4 is 0 Å². The fraction of sp³-hybridized carbons (Fsp3) is 0.188. The van der Waals surface area contributed by atoms with Crippen molar-refractivity contribution in [1.29, 1.82) is 5.26 Å². The third kappa shape index (κ3) is 2.49. The van der Waals surface area contributed by atoms with E-state index in [2.05, 4.69) is 6.07 Å². The first-order valence-electron chi connectivity index (χ1n) is 6.41. The first-order valence-corrected chi connectivity index (χ1v) is 6.41. The van der Waals surface area contributed by atoms with Gasteiger partial charge in [-0.3, -0.25) is 15.0 Å². The summed E-state index contributed by atoms with van der Waals surface area (Å²) in [4.78, 5) is 12.1. The molecule has 2 rings (SSSR count). The molecule has 0 heterocycles. The molecule has 0 aliphatic heterocycles. The largest absolute Gasteiger partial charge is 0.284 e. The van der Waals surface area contributed by atoms with Crippen molar-refractivity contribution in [2.75, 3.05) is 14.1 Å². The zero-order valence-corrected chi connectivity index (χ0v) is 11.9. The number of nitrogens with zero attached hydrogens (tertiary/aromatic N) is 3. The van der Waals surface area contributed by atoms with Gasteiger partial charge in [0, 0.05) is 12.1 Å². The van der Waals surface area contributed by atoms with Crippen molar-refractivity contribution in [3.05, 3.63) is 75.8 Å². The van der Waals surface area contributed by atoms with Crippen molar-refractivity contribution < 1.29 is 4.92 Å². The van der Waals surface area contributed by atoms with Crippen LogP contribution in [0.2, 0.25) is 0 Å². The molecule has 0 aromatic heterocycles. The van der Waals surface area contributed by atoms with Gasteiger partial charge < -0.3 is 0 Å². The van der Waals surface area contributed by atoms with Gasteiger partial charge in [-0.25, -0.2) is 0 Å². The van der Waals surface area contributed by atoms with Gasteiger partial charge in [-0.15, -0.1) is 0 Å². The van der Waals surface area contributed by atoms with Gasteiger partial charge in [0.1, 0.15) is 0 Å². The molecular weight excluding hydrogens is 266 g/mol. The molecule has 5 heteroatoms. The van der Waals surface area contributed by atoms with Gasteiger partial charge in [-0.1, -0.05) is 30.3 Å². The second-order valence-corrected chi connectivity index (χ2v) is 4.89. The zero-order chi connectivity index (χ0) is 15.5. The molecule has 0 saturated carbocycles. The Balaban J connectivity index is 2.61. The number of nitro benzene ring substituents is 1. The van der Waals surface area contributed by atoms with Crippen LogP contribution in [0.5, 0.6) is 0 Å². The molecule has 1 atom stereocenters. The lowest BCUT2D eigenvalue weighted by molar-refractivity contribution is -0.384.